The summed E-state index contributed by atoms with van der Waals surface area (Å²) in [5, 5.41) is 11.1. The Balaban J connectivity index is 2.20. The van der Waals surface area contributed by atoms with Crippen LogP contribution in [0.4, 0.5) is 5.69 Å². The Hall–Kier alpha value is -2.21. The van der Waals surface area contributed by atoms with Crippen LogP contribution in [0.5, 0.6) is 5.75 Å². The Labute approximate surface area is 126 Å². The van der Waals surface area contributed by atoms with E-state index in [9.17, 15) is 14.9 Å². The SMILES string of the molecule is Cc1cc(C)c(OCC(=O)c2ccc(C)s2)c([N+](=O)[O-])c1. The molecule has 110 valence electrons. The summed E-state index contributed by atoms with van der Waals surface area (Å²) >= 11 is 1.38. The first-order chi connectivity index (χ1) is 9.88. The number of nitrogens with zero attached hydrogens (tertiary/aromatic N) is 1. The number of Topliss-reactive ketones (excluding diaryl/α,β-unsaturated/α-hetero) is 1. The number of benzene rings is 1. The van der Waals surface area contributed by atoms with E-state index in [4.69, 9.17) is 4.74 Å². The monoisotopic (exact) mass is 305 g/mol. The third-order valence-electron chi connectivity index (χ3n) is 2.96. The minimum atomic E-state index is -0.491. The zero-order chi connectivity index (χ0) is 15.6. The second kappa shape index (κ2) is 6.05. The van der Waals surface area contributed by atoms with Crippen molar-refractivity contribution in [3.05, 3.63) is 55.3 Å². The molecular formula is C15H15NO4S. The third-order valence-corrected chi connectivity index (χ3v) is 4.00. The Bertz CT molecular complexity index is 706. The zero-order valence-electron chi connectivity index (χ0n) is 12.0. The number of carbonyl (C=O) groups is 1. The van der Waals surface area contributed by atoms with Gasteiger partial charge in [0.25, 0.3) is 0 Å². The largest absolute Gasteiger partial charge is 0.478 e. The number of nitro benzene ring substituents is 1. The van der Waals surface area contributed by atoms with Crippen molar-refractivity contribution in [2.75, 3.05) is 6.61 Å². The van der Waals surface area contributed by atoms with Crippen molar-refractivity contribution >= 4 is 22.8 Å². The minimum absolute atomic E-state index is 0.109. The van der Waals surface area contributed by atoms with Crippen LogP contribution < -0.4 is 4.74 Å². The molecule has 0 saturated heterocycles. The van der Waals surface area contributed by atoms with E-state index >= 15 is 0 Å². The summed E-state index contributed by atoms with van der Waals surface area (Å²) in [5.41, 5.74) is 1.33. The van der Waals surface area contributed by atoms with E-state index in [1.54, 1.807) is 26.0 Å². The van der Waals surface area contributed by atoms with E-state index in [1.165, 1.54) is 17.4 Å². The fourth-order valence-electron chi connectivity index (χ4n) is 2.05. The summed E-state index contributed by atoms with van der Waals surface area (Å²) in [7, 11) is 0. The molecule has 6 heteroatoms. The predicted octanol–water partition coefficient (Wildman–Crippen LogP) is 3.84. The predicted molar refractivity (Wildman–Crippen MR) is 81.5 cm³/mol. The Morgan fingerprint density at radius 1 is 1.29 bits per heavy atom. The van der Waals surface area contributed by atoms with Gasteiger partial charge in [0.05, 0.1) is 9.80 Å². The van der Waals surface area contributed by atoms with Crippen molar-refractivity contribution in [3.8, 4) is 5.75 Å². The van der Waals surface area contributed by atoms with Crippen LogP contribution in [0.15, 0.2) is 24.3 Å². The van der Waals surface area contributed by atoms with Crippen molar-refractivity contribution in [1.82, 2.24) is 0 Å². The molecule has 0 fully saturated rings. The van der Waals surface area contributed by atoms with Gasteiger partial charge in [0.15, 0.2) is 6.61 Å². The summed E-state index contributed by atoms with van der Waals surface area (Å²) in [5.74, 6) is -0.0189. The second-order valence-corrected chi connectivity index (χ2v) is 6.10. The molecule has 0 bridgehead atoms. The highest BCUT2D eigenvalue weighted by Crippen LogP contribution is 2.32. The molecule has 2 rings (SSSR count). The molecule has 0 saturated carbocycles. The molecule has 1 aromatic carbocycles. The van der Waals surface area contributed by atoms with Gasteiger partial charge in [0, 0.05) is 10.9 Å². The van der Waals surface area contributed by atoms with Gasteiger partial charge in [-0.3, -0.25) is 14.9 Å². The lowest BCUT2D eigenvalue weighted by Crippen LogP contribution is -2.12. The lowest BCUT2D eigenvalue weighted by molar-refractivity contribution is -0.385. The number of thiophene rings is 1. The van der Waals surface area contributed by atoms with Crippen LogP contribution >= 0.6 is 11.3 Å². The number of hydrogen-bond donors (Lipinski definition) is 0. The summed E-state index contributed by atoms with van der Waals surface area (Å²) in [6, 6.07) is 6.84. The third kappa shape index (κ3) is 3.46. The summed E-state index contributed by atoms with van der Waals surface area (Å²) in [6.45, 7) is 5.22. The Kier molecular flexibility index (Phi) is 4.37. The van der Waals surface area contributed by atoms with Crippen molar-refractivity contribution in [1.29, 1.82) is 0 Å². The maximum atomic E-state index is 12.0. The van der Waals surface area contributed by atoms with Crippen LogP contribution in [0, 0.1) is 30.9 Å². The smallest absolute Gasteiger partial charge is 0.311 e. The van der Waals surface area contributed by atoms with Crippen LogP contribution in [0.1, 0.15) is 25.7 Å². The average molecular weight is 305 g/mol. The summed E-state index contributed by atoms with van der Waals surface area (Å²) < 4.78 is 5.43. The molecule has 0 spiro atoms. The number of ether oxygens (including phenoxy) is 1. The van der Waals surface area contributed by atoms with E-state index in [-0.39, 0.29) is 23.8 Å². The first-order valence-corrected chi connectivity index (χ1v) is 7.18. The van der Waals surface area contributed by atoms with Crippen molar-refractivity contribution in [2.45, 2.75) is 20.8 Å². The number of aryl methyl sites for hydroxylation is 3. The van der Waals surface area contributed by atoms with E-state index in [2.05, 4.69) is 0 Å². The molecule has 1 heterocycles. The number of nitro groups is 1. The topological polar surface area (TPSA) is 69.4 Å². The number of ketones is 1. The highest BCUT2D eigenvalue weighted by atomic mass is 32.1. The van der Waals surface area contributed by atoms with E-state index in [0.717, 1.165) is 10.4 Å². The van der Waals surface area contributed by atoms with Gasteiger partial charge in [-0.05, 0) is 44.0 Å². The summed E-state index contributed by atoms with van der Waals surface area (Å²) in [6.07, 6.45) is 0. The Morgan fingerprint density at radius 2 is 2.00 bits per heavy atom. The Morgan fingerprint density at radius 3 is 2.57 bits per heavy atom. The van der Waals surface area contributed by atoms with Gasteiger partial charge >= 0.3 is 5.69 Å². The molecule has 21 heavy (non-hydrogen) atoms. The van der Waals surface area contributed by atoms with Crippen LogP contribution in [0.25, 0.3) is 0 Å². The molecule has 5 nitrogen and oxygen atoms in total. The normalized spacial score (nSPS) is 10.4. The van der Waals surface area contributed by atoms with Gasteiger partial charge in [-0.2, -0.15) is 0 Å². The number of hydrogen-bond acceptors (Lipinski definition) is 5. The zero-order valence-corrected chi connectivity index (χ0v) is 12.8. The molecule has 0 aliphatic heterocycles. The molecular weight excluding hydrogens is 290 g/mol. The average Bonchev–Trinajstić information content (AvgIpc) is 2.83. The highest BCUT2D eigenvalue weighted by molar-refractivity contribution is 7.14. The molecule has 0 unspecified atom stereocenters. The van der Waals surface area contributed by atoms with Gasteiger partial charge < -0.3 is 4.74 Å². The van der Waals surface area contributed by atoms with Gasteiger partial charge in [0.2, 0.25) is 11.5 Å². The van der Waals surface area contributed by atoms with E-state index < -0.39 is 4.92 Å². The van der Waals surface area contributed by atoms with Crippen LogP contribution in [0.2, 0.25) is 0 Å². The fraction of sp³-hybridized carbons (Fsp3) is 0.267. The van der Waals surface area contributed by atoms with Gasteiger partial charge in [-0.1, -0.05) is 6.07 Å². The molecule has 0 amide bonds. The van der Waals surface area contributed by atoms with Crippen LogP contribution in [0.3, 0.4) is 0 Å². The fourth-order valence-corrected chi connectivity index (χ4v) is 2.84. The van der Waals surface area contributed by atoms with Crippen LogP contribution in [-0.4, -0.2) is 17.3 Å². The maximum absolute atomic E-state index is 12.0. The minimum Gasteiger partial charge on any atom is -0.478 e. The van der Waals surface area contributed by atoms with Gasteiger partial charge in [-0.25, -0.2) is 0 Å². The maximum Gasteiger partial charge on any atom is 0.311 e. The second-order valence-electron chi connectivity index (χ2n) is 4.81. The molecule has 1 aromatic heterocycles. The molecule has 0 radical (unpaired) electrons. The molecule has 2 aromatic rings. The quantitative estimate of drug-likeness (QED) is 0.478. The standard InChI is InChI=1S/C15H15NO4S/c1-9-6-10(2)15(12(7-9)16(18)19)20-8-13(17)14-5-4-11(3)21-14/h4-7H,8H2,1-3H3. The van der Waals surface area contributed by atoms with Gasteiger partial charge in [0.1, 0.15) is 0 Å². The number of carbonyl (C=O) groups excluding carboxylic acids is 1. The lowest BCUT2D eigenvalue weighted by Gasteiger charge is -2.09. The van der Waals surface area contributed by atoms with Crippen molar-refractivity contribution in [2.24, 2.45) is 0 Å². The molecule has 0 aliphatic rings. The first-order valence-electron chi connectivity index (χ1n) is 6.36. The molecule has 0 atom stereocenters. The lowest BCUT2D eigenvalue weighted by atomic mass is 10.1. The van der Waals surface area contributed by atoms with Gasteiger partial charge in [-0.15, -0.1) is 11.3 Å². The van der Waals surface area contributed by atoms with E-state index in [0.29, 0.717) is 10.4 Å². The van der Waals surface area contributed by atoms with E-state index in [1.807, 2.05) is 13.0 Å². The number of rotatable bonds is 5. The molecule has 0 N–H and O–H groups in total. The van der Waals surface area contributed by atoms with Crippen molar-refractivity contribution < 1.29 is 14.5 Å². The highest BCUT2D eigenvalue weighted by Gasteiger charge is 2.20. The summed E-state index contributed by atoms with van der Waals surface area (Å²) in [4.78, 5) is 24.2. The first kappa shape index (κ1) is 15.2. The molecule has 0 aliphatic carbocycles. The van der Waals surface area contributed by atoms with Crippen LogP contribution in [-0.2, 0) is 0 Å². The van der Waals surface area contributed by atoms with Crippen molar-refractivity contribution in [3.63, 3.8) is 0 Å².